The predicted octanol–water partition coefficient (Wildman–Crippen LogP) is 3.10. The van der Waals surface area contributed by atoms with Crippen LogP contribution in [0.4, 0.5) is 0 Å². The van der Waals surface area contributed by atoms with Gasteiger partial charge in [-0.15, -0.1) is 0 Å². The van der Waals surface area contributed by atoms with E-state index in [1.165, 1.54) is 16.5 Å². The zero-order valence-corrected chi connectivity index (χ0v) is 11.8. The van der Waals surface area contributed by atoms with Crippen molar-refractivity contribution in [3.63, 3.8) is 0 Å². The van der Waals surface area contributed by atoms with Crippen LogP contribution in [0.2, 0.25) is 0 Å². The first-order valence-corrected chi connectivity index (χ1v) is 7.37. The fourth-order valence-corrected chi connectivity index (χ4v) is 3.30. The third-order valence-corrected chi connectivity index (χ3v) is 4.44. The summed E-state index contributed by atoms with van der Waals surface area (Å²) in [6, 6.07) is 4.67. The van der Waals surface area contributed by atoms with E-state index in [1.807, 2.05) is 18.6 Å². The monoisotopic (exact) mass is 287 g/mol. The van der Waals surface area contributed by atoms with E-state index in [1.54, 1.807) is 18.6 Å². The predicted molar refractivity (Wildman–Crippen MR) is 83.5 cm³/mol. The van der Waals surface area contributed by atoms with Crippen molar-refractivity contribution in [2.45, 2.75) is 18.4 Å². The van der Waals surface area contributed by atoms with Crippen LogP contribution in [-0.4, -0.2) is 24.5 Å². The smallest absolute Gasteiger partial charge is 0.107 e. The Labute approximate surface area is 126 Å². The van der Waals surface area contributed by atoms with Gasteiger partial charge in [0.25, 0.3) is 0 Å². The molecule has 5 heteroatoms. The molecule has 0 radical (unpaired) electrons. The molecule has 1 aliphatic rings. The maximum atomic E-state index is 4.50. The van der Waals surface area contributed by atoms with Crippen LogP contribution >= 0.6 is 0 Å². The summed E-state index contributed by atoms with van der Waals surface area (Å²) >= 11 is 0. The Kier molecular flexibility index (Phi) is 2.33. The van der Waals surface area contributed by atoms with Gasteiger partial charge < -0.3 is 4.57 Å². The van der Waals surface area contributed by atoms with Crippen molar-refractivity contribution < 1.29 is 0 Å². The van der Waals surface area contributed by atoms with Gasteiger partial charge in [-0.2, -0.15) is 0 Å². The lowest BCUT2D eigenvalue weighted by Gasteiger charge is -2.06. The van der Waals surface area contributed by atoms with Gasteiger partial charge in [0.2, 0.25) is 0 Å². The van der Waals surface area contributed by atoms with Gasteiger partial charge in [0.15, 0.2) is 0 Å². The number of aromatic nitrogens is 5. The van der Waals surface area contributed by atoms with Crippen molar-refractivity contribution in [1.29, 1.82) is 0 Å². The lowest BCUT2D eigenvalue weighted by molar-refractivity contribution is 0.747. The van der Waals surface area contributed by atoms with Crippen molar-refractivity contribution >= 4 is 21.9 Å². The molecule has 0 N–H and O–H groups in total. The summed E-state index contributed by atoms with van der Waals surface area (Å²) in [7, 11) is 0. The molecule has 4 aromatic heterocycles. The highest BCUT2D eigenvalue weighted by Crippen LogP contribution is 2.53. The number of fused-ring (bicyclic) bond motifs is 2. The van der Waals surface area contributed by atoms with E-state index in [9.17, 15) is 0 Å². The first kappa shape index (κ1) is 11.8. The Morgan fingerprint density at radius 2 is 1.91 bits per heavy atom. The van der Waals surface area contributed by atoms with Crippen LogP contribution in [0.1, 0.15) is 23.9 Å². The molecule has 4 heterocycles. The van der Waals surface area contributed by atoms with Gasteiger partial charge in [0.1, 0.15) is 5.52 Å². The van der Waals surface area contributed by atoms with E-state index >= 15 is 0 Å². The van der Waals surface area contributed by atoms with E-state index in [4.69, 9.17) is 0 Å². The summed E-state index contributed by atoms with van der Waals surface area (Å²) in [4.78, 5) is 17.4. The van der Waals surface area contributed by atoms with Crippen LogP contribution in [0, 0.1) is 0 Å². The van der Waals surface area contributed by atoms with E-state index in [0.29, 0.717) is 12.0 Å². The summed E-state index contributed by atoms with van der Waals surface area (Å²) in [5.41, 5.74) is 4.28. The Balaban J connectivity index is 1.59. The van der Waals surface area contributed by atoms with Crippen molar-refractivity contribution in [3.05, 3.63) is 61.1 Å². The Hall–Kier alpha value is -2.82. The minimum absolute atomic E-state index is 0.455. The fourth-order valence-electron chi connectivity index (χ4n) is 3.30. The molecular weight excluding hydrogens is 274 g/mol. The van der Waals surface area contributed by atoms with Crippen molar-refractivity contribution in [1.82, 2.24) is 24.5 Å². The molecule has 0 saturated heterocycles. The average molecular weight is 287 g/mol. The van der Waals surface area contributed by atoms with Crippen LogP contribution in [-0.2, 0) is 0 Å². The third-order valence-electron chi connectivity index (χ3n) is 4.44. The molecular formula is C17H13N5. The molecule has 5 nitrogen and oxygen atoms in total. The first-order valence-electron chi connectivity index (χ1n) is 7.37. The topological polar surface area (TPSA) is 56.5 Å². The lowest BCUT2D eigenvalue weighted by atomic mass is 10.1. The molecule has 106 valence electrons. The minimum Gasteiger partial charge on any atom is -0.344 e. The SMILES string of the molecule is c1cc2c(ccn2C2CC2c2cncc3nccnc23)cn1. The zero-order valence-electron chi connectivity index (χ0n) is 11.8. The second-order valence-electron chi connectivity index (χ2n) is 5.72. The number of nitrogens with zero attached hydrogens (tertiary/aromatic N) is 5. The second kappa shape index (κ2) is 4.34. The quantitative estimate of drug-likeness (QED) is 0.568. The highest BCUT2D eigenvalue weighted by atomic mass is 15.1. The molecule has 0 aliphatic heterocycles. The van der Waals surface area contributed by atoms with Crippen molar-refractivity contribution in [2.75, 3.05) is 0 Å². The molecule has 2 unspecified atom stereocenters. The van der Waals surface area contributed by atoms with Crippen LogP contribution in [0.5, 0.6) is 0 Å². The van der Waals surface area contributed by atoms with E-state index in [-0.39, 0.29) is 0 Å². The Morgan fingerprint density at radius 1 is 0.955 bits per heavy atom. The largest absolute Gasteiger partial charge is 0.344 e. The molecule has 0 amide bonds. The molecule has 4 aromatic rings. The number of pyridine rings is 2. The van der Waals surface area contributed by atoms with E-state index in [0.717, 1.165) is 17.5 Å². The Bertz CT molecular complexity index is 985. The molecule has 5 rings (SSSR count). The first-order chi connectivity index (χ1) is 10.9. The van der Waals surface area contributed by atoms with Gasteiger partial charge in [0, 0.05) is 60.1 Å². The fraction of sp³-hybridized carbons (Fsp3) is 0.176. The number of hydrogen-bond donors (Lipinski definition) is 0. The maximum absolute atomic E-state index is 4.50. The van der Waals surface area contributed by atoms with Crippen LogP contribution in [0.25, 0.3) is 21.9 Å². The van der Waals surface area contributed by atoms with Gasteiger partial charge in [-0.1, -0.05) is 0 Å². The molecule has 0 bridgehead atoms. The molecule has 1 saturated carbocycles. The van der Waals surface area contributed by atoms with E-state index < -0.39 is 0 Å². The van der Waals surface area contributed by atoms with Crippen LogP contribution in [0.3, 0.4) is 0 Å². The van der Waals surface area contributed by atoms with Crippen molar-refractivity contribution in [2.24, 2.45) is 0 Å². The van der Waals surface area contributed by atoms with Crippen LogP contribution < -0.4 is 0 Å². The lowest BCUT2D eigenvalue weighted by Crippen LogP contribution is -1.96. The van der Waals surface area contributed by atoms with Gasteiger partial charge in [-0.25, -0.2) is 0 Å². The highest BCUT2D eigenvalue weighted by molar-refractivity contribution is 5.80. The van der Waals surface area contributed by atoms with Gasteiger partial charge in [0.05, 0.1) is 17.2 Å². The normalized spacial score (nSPS) is 20.5. The van der Waals surface area contributed by atoms with Crippen LogP contribution in [0.15, 0.2) is 55.5 Å². The molecule has 1 aliphatic carbocycles. The highest BCUT2D eigenvalue weighted by Gasteiger charge is 2.41. The Morgan fingerprint density at radius 3 is 2.91 bits per heavy atom. The summed E-state index contributed by atoms with van der Waals surface area (Å²) < 4.78 is 2.34. The van der Waals surface area contributed by atoms with Gasteiger partial charge in [-0.3, -0.25) is 19.9 Å². The van der Waals surface area contributed by atoms with E-state index in [2.05, 4.69) is 42.8 Å². The second-order valence-corrected chi connectivity index (χ2v) is 5.72. The molecule has 2 atom stereocenters. The van der Waals surface area contributed by atoms with Gasteiger partial charge in [-0.05, 0) is 18.6 Å². The van der Waals surface area contributed by atoms with Gasteiger partial charge >= 0.3 is 0 Å². The number of hydrogen-bond acceptors (Lipinski definition) is 4. The average Bonchev–Trinajstić information content (AvgIpc) is 3.25. The third kappa shape index (κ3) is 1.65. The summed E-state index contributed by atoms with van der Waals surface area (Å²) in [6.45, 7) is 0. The summed E-state index contributed by atoms with van der Waals surface area (Å²) in [5, 5.41) is 1.18. The standard InChI is InChI=1S/C17H13N5/c1-3-18-8-11-2-6-22(15(1)11)16-7-12(16)13-9-19-10-14-17(13)21-5-4-20-14/h1-6,8-10,12,16H,7H2. The maximum Gasteiger partial charge on any atom is 0.107 e. The number of rotatable bonds is 2. The summed E-state index contributed by atoms with van der Waals surface area (Å²) in [6.07, 6.45) is 14.2. The van der Waals surface area contributed by atoms with Crippen molar-refractivity contribution in [3.8, 4) is 0 Å². The summed E-state index contributed by atoms with van der Waals surface area (Å²) in [5.74, 6) is 0.455. The zero-order chi connectivity index (χ0) is 14.5. The minimum atomic E-state index is 0.455. The molecule has 0 aromatic carbocycles. The molecule has 1 fully saturated rings. The molecule has 22 heavy (non-hydrogen) atoms. The molecule has 0 spiro atoms.